The summed E-state index contributed by atoms with van der Waals surface area (Å²) in [5, 5.41) is 7.92. The zero-order valence-corrected chi connectivity index (χ0v) is 13.0. The summed E-state index contributed by atoms with van der Waals surface area (Å²) < 4.78 is 6.65. The van der Waals surface area contributed by atoms with E-state index in [1.165, 1.54) is 10.7 Å². The van der Waals surface area contributed by atoms with Crippen LogP contribution in [0.15, 0.2) is 35.3 Å². The van der Waals surface area contributed by atoms with Gasteiger partial charge in [0.25, 0.3) is 5.56 Å². The molecular formula is C15H18ClN3O2. The molecule has 6 heteroatoms. The van der Waals surface area contributed by atoms with Crippen LogP contribution < -0.4 is 15.6 Å². The SMILES string of the molecule is COc1ccc(Cl)cc1Cn1ncc(NC(C)C)cc1=O. The number of methoxy groups -OCH3 is 1. The highest BCUT2D eigenvalue weighted by Gasteiger charge is 2.07. The fourth-order valence-corrected chi connectivity index (χ4v) is 2.19. The van der Waals surface area contributed by atoms with Gasteiger partial charge >= 0.3 is 0 Å². The highest BCUT2D eigenvalue weighted by molar-refractivity contribution is 6.30. The number of aromatic nitrogens is 2. The minimum Gasteiger partial charge on any atom is -0.496 e. The van der Waals surface area contributed by atoms with Crippen molar-refractivity contribution in [3.63, 3.8) is 0 Å². The van der Waals surface area contributed by atoms with Crippen molar-refractivity contribution in [2.24, 2.45) is 0 Å². The first-order chi connectivity index (χ1) is 9.99. The van der Waals surface area contributed by atoms with Crippen LogP contribution in [0.1, 0.15) is 19.4 Å². The number of rotatable bonds is 5. The van der Waals surface area contributed by atoms with Gasteiger partial charge in [-0.3, -0.25) is 4.79 Å². The van der Waals surface area contributed by atoms with Gasteiger partial charge in [0.2, 0.25) is 0 Å². The lowest BCUT2D eigenvalue weighted by atomic mass is 10.2. The molecule has 1 aromatic carbocycles. The number of anilines is 1. The van der Waals surface area contributed by atoms with E-state index < -0.39 is 0 Å². The molecule has 1 heterocycles. The molecule has 0 spiro atoms. The Morgan fingerprint density at radius 1 is 1.38 bits per heavy atom. The molecule has 0 fully saturated rings. The summed E-state index contributed by atoms with van der Waals surface area (Å²) >= 11 is 5.99. The number of nitrogens with zero attached hydrogens (tertiary/aromatic N) is 2. The lowest BCUT2D eigenvalue weighted by Crippen LogP contribution is -2.24. The molecule has 0 aliphatic carbocycles. The van der Waals surface area contributed by atoms with E-state index in [0.29, 0.717) is 23.0 Å². The second-order valence-electron chi connectivity index (χ2n) is 5.00. The number of nitrogens with one attached hydrogen (secondary N) is 1. The Morgan fingerprint density at radius 2 is 2.14 bits per heavy atom. The minimum atomic E-state index is -0.178. The van der Waals surface area contributed by atoms with Crippen molar-refractivity contribution in [1.29, 1.82) is 0 Å². The fourth-order valence-electron chi connectivity index (χ4n) is 2.00. The zero-order valence-electron chi connectivity index (χ0n) is 12.3. The van der Waals surface area contributed by atoms with Gasteiger partial charge in [0, 0.05) is 22.7 Å². The lowest BCUT2D eigenvalue weighted by molar-refractivity contribution is 0.407. The van der Waals surface area contributed by atoms with Crippen LogP contribution in [0.4, 0.5) is 5.69 Å². The molecule has 21 heavy (non-hydrogen) atoms. The van der Waals surface area contributed by atoms with Crippen LogP contribution in [0, 0.1) is 0 Å². The monoisotopic (exact) mass is 307 g/mol. The van der Waals surface area contributed by atoms with Crippen LogP contribution in [-0.2, 0) is 6.54 Å². The number of hydrogen-bond acceptors (Lipinski definition) is 4. The molecule has 0 bridgehead atoms. The lowest BCUT2D eigenvalue weighted by Gasteiger charge is -2.12. The molecule has 2 rings (SSSR count). The molecule has 1 aromatic heterocycles. The molecular weight excluding hydrogens is 290 g/mol. The van der Waals surface area contributed by atoms with Gasteiger partial charge in [-0.05, 0) is 32.0 Å². The molecule has 0 amide bonds. The molecule has 0 aliphatic heterocycles. The van der Waals surface area contributed by atoms with Crippen LogP contribution >= 0.6 is 11.6 Å². The molecule has 0 radical (unpaired) electrons. The molecule has 0 atom stereocenters. The molecule has 112 valence electrons. The summed E-state index contributed by atoms with van der Waals surface area (Å²) in [6.45, 7) is 4.31. The summed E-state index contributed by atoms with van der Waals surface area (Å²) in [6.07, 6.45) is 1.64. The van der Waals surface area contributed by atoms with Crippen LogP contribution in [-0.4, -0.2) is 22.9 Å². The second kappa shape index (κ2) is 6.63. The predicted octanol–water partition coefficient (Wildman–Crippen LogP) is 2.77. The van der Waals surface area contributed by atoms with Crippen molar-refractivity contribution in [2.75, 3.05) is 12.4 Å². The summed E-state index contributed by atoms with van der Waals surface area (Å²) in [6, 6.07) is 7.07. The first-order valence-corrected chi connectivity index (χ1v) is 7.03. The van der Waals surface area contributed by atoms with Crippen molar-refractivity contribution < 1.29 is 4.74 Å². The van der Waals surface area contributed by atoms with Gasteiger partial charge in [0.05, 0.1) is 25.5 Å². The van der Waals surface area contributed by atoms with E-state index in [-0.39, 0.29) is 11.6 Å². The molecule has 2 aromatic rings. The maximum absolute atomic E-state index is 12.1. The first-order valence-electron chi connectivity index (χ1n) is 6.65. The van der Waals surface area contributed by atoms with E-state index >= 15 is 0 Å². The third kappa shape index (κ3) is 3.98. The van der Waals surface area contributed by atoms with E-state index in [4.69, 9.17) is 16.3 Å². The average Bonchev–Trinajstić information content (AvgIpc) is 2.41. The summed E-state index contributed by atoms with van der Waals surface area (Å²) in [7, 11) is 1.58. The average molecular weight is 308 g/mol. The largest absolute Gasteiger partial charge is 0.496 e. The number of halogens is 1. The number of ether oxygens (including phenoxy) is 1. The third-order valence-corrected chi connectivity index (χ3v) is 3.12. The van der Waals surface area contributed by atoms with E-state index in [2.05, 4.69) is 10.4 Å². The van der Waals surface area contributed by atoms with Gasteiger partial charge in [-0.25, -0.2) is 4.68 Å². The van der Waals surface area contributed by atoms with Crippen LogP contribution in [0.2, 0.25) is 5.02 Å². The summed E-state index contributed by atoms with van der Waals surface area (Å²) in [5.41, 5.74) is 1.34. The first kappa shape index (κ1) is 15.4. The fraction of sp³-hybridized carbons (Fsp3) is 0.333. The summed E-state index contributed by atoms with van der Waals surface area (Å²) in [4.78, 5) is 12.1. The van der Waals surface area contributed by atoms with Crippen LogP contribution in [0.25, 0.3) is 0 Å². The highest BCUT2D eigenvalue weighted by atomic mass is 35.5. The van der Waals surface area contributed by atoms with Gasteiger partial charge < -0.3 is 10.1 Å². The van der Waals surface area contributed by atoms with Crippen molar-refractivity contribution >= 4 is 17.3 Å². The molecule has 5 nitrogen and oxygen atoms in total. The third-order valence-electron chi connectivity index (χ3n) is 2.89. The predicted molar refractivity (Wildman–Crippen MR) is 84.4 cm³/mol. The summed E-state index contributed by atoms with van der Waals surface area (Å²) in [5.74, 6) is 0.678. The minimum absolute atomic E-state index is 0.178. The van der Waals surface area contributed by atoms with Crippen molar-refractivity contribution in [1.82, 2.24) is 9.78 Å². The standard InChI is InChI=1S/C15H18ClN3O2/c1-10(2)18-13-7-15(20)19(17-8-13)9-11-6-12(16)4-5-14(11)21-3/h4-8,10,18H,9H2,1-3H3. The Morgan fingerprint density at radius 3 is 2.76 bits per heavy atom. The Kier molecular flexibility index (Phi) is 4.85. The van der Waals surface area contributed by atoms with E-state index in [1.54, 1.807) is 31.5 Å². The highest BCUT2D eigenvalue weighted by Crippen LogP contribution is 2.22. The van der Waals surface area contributed by atoms with Crippen molar-refractivity contribution in [3.05, 3.63) is 51.4 Å². The Bertz CT molecular complexity index is 683. The Hall–Kier alpha value is -2.01. The van der Waals surface area contributed by atoms with Gasteiger partial charge in [-0.2, -0.15) is 5.10 Å². The Labute approximate surface area is 128 Å². The zero-order chi connectivity index (χ0) is 15.4. The molecule has 1 N–H and O–H groups in total. The van der Waals surface area contributed by atoms with Crippen molar-refractivity contribution in [3.8, 4) is 5.75 Å². The van der Waals surface area contributed by atoms with Crippen LogP contribution in [0.5, 0.6) is 5.75 Å². The maximum Gasteiger partial charge on any atom is 0.269 e. The number of benzene rings is 1. The normalized spacial score (nSPS) is 10.7. The maximum atomic E-state index is 12.1. The van der Waals surface area contributed by atoms with E-state index in [1.807, 2.05) is 13.8 Å². The molecule has 0 saturated carbocycles. The van der Waals surface area contributed by atoms with Crippen LogP contribution in [0.3, 0.4) is 0 Å². The van der Waals surface area contributed by atoms with E-state index in [9.17, 15) is 4.79 Å². The van der Waals surface area contributed by atoms with E-state index in [0.717, 1.165) is 5.56 Å². The van der Waals surface area contributed by atoms with Crippen molar-refractivity contribution in [2.45, 2.75) is 26.4 Å². The Balaban J connectivity index is 2.28. The quantitative estimate of drug-likeness (QED) is 0.923. The van der Waals surface area contributed by atoms with Gasteiger partial charge in [-0.15, -0.1) is 0 Å². The molecule has 0 saturated heterocycles. The molecule has 0 unspecified atom stereocenters. The topological polar surface area (TPSA) is 56.1 Å². The number of hydrogen-bond donors (Lipinski definition) is 1. The second-order valence-corrected chi connectivity index (χ2v) is 5.43. The van der Waals surface area contributed by atoms with Gasteiger partial charge in [-0.1, -0.05) is 11.6 Å². The van der Waals surface area contributed by atoms with Gasteiger partial charge in [0.1, 0.15) is 5.75 Å². The molecule has 0 aliphatic rings. The smallest absolute Gasteiger partial charge is 0.269 e. The van der Waals surface area contributed by atoms with Gasteiger partial charge in [0.15, 0.2) is 0 Å².